The lowest BCUT2D eigenvalue weighted by atomic mass is 9.86. The fraction of sp³-hybridized carbons (Fsp3) is 0.457. The van der Waals surface area contributed by atoms with Crippen LogP contribution in [0.15, 0.2) is 78.9 Å². The van der Waals surface area contributed by atoms with Crippen LogP contribution >= 0.6 is 0 Å². The molecule has 7 heteroatoms. The van der Waals surface area contributed by atoms with Crippen LogP contribution in [0.1, 0.15) is 60.1 Å². The second-order valence-electron chi connectivity index (χ2n) is 13.0. The molecule has 0 saturated carbocycles. The molecule has 6 nitrogen and oxygen atoms in total. The monoisotopic (exact) mass is 592 g/mol. The molecule has 0 amide bonds. The summed E-state index contributed by atoms with van der Waals surface area (Å²) < 4.78 is 23.9. The summed E-state index contributed by atoms with van der Waals surface area (Å²) in [6.07, 6.45) is -0.911. The van der Waals surface area contributed by atoms with Gasteiger partial charge in [0.2, 0.25) is 0 Å². The predicted octanol–water partition coefficient (Wildman–Crippen LogP) is 6.16. The average molecular weight is 593 g/mol. The fourth-order valence-corrected chi connectivity index (χ4v) is 9.98. The summed E-state index contributed by atoms with van der Waals surface area (Å²) in [7, 11) is 0.284. The van der Waals surface area contributed by atoms with E-state index >= 15 is 0 Å². The Morgan fingerprint density at radius 1 is 0.786 bits per heavy atom. The number of methoxy groups -OCH3 is 2. The summed E-state index contributed by atoms with van der Waals surface area (Å²) in [5.74, 6) is 0.241. The van der Waals surface area contributed by atoms with Crippen molar-refractivity contribution >= 4 is 24.7 Å². The standard InChI is InChI=1S/C35H48O6Si/c1-25(23-40-33(37)34(2,3)4)29(32(36)26-20-21-30(38-8)31(22-26)39-9)24-41-42(35(5,6)7,27-16-12-10-13-17-27)28-18-14-11-15-19-28/h10-22,25,29,32,36H,23-24H2,1-9H3/t25-,29+,32+/m1/s1. The lowest BCUT2D eigenvalue weighted by Gasteiger charge is -2.44. The minimum atomic E-state index is -2.88. The van der Waals surface area contributed by atoms with E-state index in [9.17, 15) is 9.90 Å². The van der Waals surface area contributed by atoms with Crippen LogP contribution in [-0.2, 0) is 14.0 Å². The third kappa shape index (κ3) is 7.44. The summed E-state index contributed by atoms with van der Waals surface area (Å²) in [4.78, 5) is 12.7. The van der Waals surface area contributed by atoms with E-state index < -0.39 is 25.8 Å². The minimum absolute atomic E-state index is 0.162. The van der Waals surface area contributed by atoms with Gasteiger partial charge in [-0.25, -0.2) is 0 Å². The van der Waals surface area contributed by atoms with Gasteiger partial charge >= 0.3 is 5.97 Å². The van der Waals surface area contributed by atoms with Crippen LogP contribution < -0.4 is 19.8 Å². The highest BCUT2D eigenvalue weighted by molar-refractivity contribution is 6.99. The van der Waals surface area contributed by atoms with Gasteiger partial charge in [-0.15, -0.1) is 0 Å². The van der Waals surface area contributed by atoms with E-state index in [0.717, 1.165) is 10.4 Å². The Morgan fingerprint density at radius 2 is 1.31 bits per heavy atom. The molecule has 3 atom stereocenters. The summed E-state index contributed by atoms with van der Waals surface area (Å²) in [6, 6.07) is 26.3. The van der Waals surface area contributed by atoms with Gasteiger partial charge in [-0.2, -0.15) is 0 Å². The molecule has 3 aromatic rings. The molecule has 0 aliphatic heterocycles. The number of carbonyl (C=O) groups is 1. The van der Waals surface area contributed by atoms with E-state index in [1.807, 2.05) is 45.9 Å². The molecule has 0 radical (unpaired) electrons. The summed E-state index contributed by atoms with van der Waals surface area (Å²) >= 11 is 0. The van der Waals surface area contributed by atoms with Crippen molar-refractivity contribution in [3.63, 3.8) is 0 Å². The van der Waals surface area contributed by atoms with Gasteiger partial charge in [-0.3, -0.25) is 4.79 Å². The molecule has 0 unspecified atom stereocenters. The van der Waals surface area contributed by atoms with E-state index in [-0.39, 0.29) is 30.1 Å². The van der Waals surface area contributed by atoms with Crippen LogP contribution in [0.3, 0.4) is 0 Å². The van der Waals surface area contributed by atoms with Crippen LogP contribution in [0, 0.1) is 17.3 Å². The maximum absolute atomic E-state index is 12.7. The number of hydrogen-bond donors (Lipinski definition) is 1. The highest BCUT2D eigenvalue weighted by atomic mass is 28.4. The van der Waals surface area contributed by atoms with Crippen LogP contribution in [0.25, 0.3) is 0 Å². The molecule has 228 valence electrons. The number of esters is 1. The van der Waals surface area contributed by atoms with Gasteiger partial charge in [0.1, 0.15) is 0 Å². The normalized spacial score (nSPS) is 14.5. The van der Waals surface area contributed by atoms with Crippen molar-refractivity contribution in [1.82, 2.24) is 0 Å². The van der Waals surface area contributed by atoms with E-state index in [0.29, 0.717) is 17.1 Å². The molecule has 3 aromatic carbocycles. The van der Waals surface area contributed by atoms with Gasteiger partial charge in [-0.05, 0) is 59.8 Å². The SMILES string of the molecule is COc1ccc([C@H](O)[C@@H](CO[Si](c2ccccc2)(c2ccccc2)C(C)(C)C)[C@H](C)COC(=O)C(C)(C)C)cc1OC. The molecule has 0 heterocycles. The first kappa shape index (κ1) is 33.4. The Kier molecular flexibility index (Phi) is 11.0. The van der Waals surface area contributed by atoms with Crippen LogP contribution in [0.4, 0.5) is 0 Å². The molecule has 0 saturated heterocycles. The van der Waals surface area contributed by atoms with Gasteiger partial charge in [0, 0.05) is 12.5 Å². The molecule has 0 bridgehead atoms. The van der Waals surface area contributed by atoms with Crippen molar-refractivity contribution in [2.45, 2.75) is 59.6 Å². The second kappa shape index (κ2) is 13.9. The molecule has 0 fully saturated rings. The topological polar surface area (TPSA) is 74.2 Å². The van der Waals surface area contributed by atoms with Gasteiger partial charge in [0.15, 0.2) is 11.5 Å². The maximum Gasteiger partial charge on any atom is 0.311 e. The summed E-state index contributed by atoms with van der Waals surface area (Å²) in [5.41, 5.74) is 0.0560. The molecule has 0 aliphatic carbocycles. The molecular formula is C35H48O6Si. The zero-order valence-corrected chi connectivity index (χ0v) is 27.6. The van der Waals surface area contributed by atoms with Gasteiger partial charge in [0.05, 0.1) is 32.3 Å². The number of aliphatic hydroxyl groups is 1. The van der Waals surface area contributed by atoms with Crippen LogP contribution in [0.2, 0.25) is 5.04 Å². The maximum atomic E-state index is 12.7. The lowest BCUT2D eigenvalue weighted by molar-refractivity contribution is -0.155. The molecule has 0 aliphatic rings. The number of hydrogen-bond acceptors (Lipinski definition) is 6. The van der Waals surface area contributed by atoms with E-state index in [4.69, 9.17) is 18.6 Å². The van der Waals surface area contributed by atoms with E-state index in [2.05, 4.69) is 69.3 Å². The Labute approximate surface area is 253 Å². The lowest BCUT2D eigenvalue weighted by Crippen LogP contribution is -2.67. The molecule has 3 rings (SSSR count). The van der Waals surface area contributed by atoms with Crippen molar-refractivity contribution < 1.29 is 28.5 Å². The smallest absolute Gasteiger partial charge is 0.311 e. The van der Waals surface area contributed by atoms with Crippen LogP contribution in [0.5, 0.6) is 11.5 Å². The Morgan fingerprint density at radius 3 is 1.76 bits per heavy atom. The van der Waals surface area contributed by atoms with Crippen molar-refractivity contribution in [1.29, 1.82) is 0 Å². The van der Waals surface area contributed by atoms with Crippen molar-refractivity contribution in [3.8, 4) is 11.5 Å². The Hall–Kier alpha value is -3.13. The summed E-state index contributed by atoms with van der Waals surface area (Å²) in [5, 5.41) is 14.0. The van der Waals surface area contributed by atoms with Gasteiger partial charge in [0.25, 0.3) is 8.32 Å². The highest BCUT2D eigenvalue weighted by Crippen LogP contribution is 2.40. The molecule has 1 N–H and O–H groups in total. The first-order valence-electron chi connectivity index (χ1n) is 14.6. The zero-order chi connectivity index (χ0) is 31.1. The minimum Gasteiger partial charge on any atom is -0.493 e. The van der Waals surface area contributed by atoms with Crippen molar-refractivity contribution in [2.24, 2.45) is 17.3 Å². The predicted molar refractivity (Wildman–Crippen MR) is 171 cm³/mol. The average Bonchev–Trinajstić information content (AvgIpc) is 2.97. The molecular weight excluding hydrogens is 544 g/mol. The first-order chi connectivity index (χ1) is 19.8. The fourth-order valence-electron chi connectivity index (χ4n) is 5.38. The van der Waals surface area contributed by atoms with Crippen molar-refractivity contribution in [2.75, 3.05) is 27.4 Å². The van der Waals surface area contributed by atoms with Crippen molar-refractivity contribution in [3.05, 3.63) is 84.4 Å². The highest BCUT2D eigenvalue weighted by Gasteiger charge is 2.51. The largest absolute Gasteiger partial charge is 0.493 e. The Bertz CT molecular complexity index is 1240. The third-order valence-corrected chi connectivity index (χ3v) is 12.9. The van der Waals surface area contributed by atoms with Gasteiger partial charge < -0.3 is 23.7 Å². The second-order valence-corrected chi connectivity index (χ2v) is 17.3. The van der Waals surface area contributed by atoms with E-state index in [1.165, 1.54) is 0 Å². The number of benzene rings is 3. The number of ether oxygens (including phenoxy) is 3. The number of aliphatic hydroxyl groups excluding tert-OH is 1. The molecule has 0 aromatic heterocycles. The third-order valence-electron chi connectivity index (χ3n) is 7.88. The number of rotatable bonds is 12. The summed E-state index contributed by atoms with van der Waals surface area (Å²) in [6.45, 7) is 14.6. The number of carbonyl (C=O) groups excluding carboxylic acids is 1. The van der Waals surface area contributed by atoms with Crippen LogP contribution in [-0.4, -0.2) is 46.8 Å². The zero-order valence-electron chi connectivity index (χ0n) is 26.6. The molecule has 0 spiro atoms. The van der Waals surface area contributed by atoms with Gasteiger partial charge in [-0.1, -0.05) is 94.4 Å². The first-order valence-corrected chi connectivity index (χ1v) is 16.5. The van der Waals surface area contributed by atoms with E-state index in [1.54, 1.807) is 26.4 Å². The molecule has 42 heavy (non-hydrogen) atoms. The quantitative estimate of drug-likeness (QED) is 0.201. The Balaban J connectivity index is 2.07.